The number of unbranched alkanes of at least 4 members (excludes halogenated alkanes) is 3. The van der Waals surface area contributed by atoms with Crippen LogP contribution in [-0.4, -0.2) is 18.5 Å². The largest absolute Gasteiger partial charge is 0.493 e. The molecule has 0 aliphatic carbocycles. The molecule has 0 spiro atoms. The molecule has 0 aliphatic rings. The van der Waals surface area contributed by atoms with Gasteiger partial charge < -0.3 is 14.2 Å². The summed E-state index contributed by atoms with van der Waals surface area (Å²) in [5.41, 5.74) is 0. The molecule has 0 heterocycles. The molecule has 0 atom stereocenters. The molecule has 0 amide bonds. The van der Waals surface area contributed by atoms with Gasteiger partial charge in [0, 0.05) is 18.9 Å². The second kappa shape index (κ2) is 15.7. The van der Waals surface area contributed by atoms with Gasteiger partial charge in [-0.25, -0.2) is 0 Å². The fraction of sp³-hybridized carbons (Fsp3) is 0.692. The topological polar surface area (TPSA) is 61.8 Å². The number of ether oxygens (including phenoxy) is 3. The minimum absolute atomic E-state index is 0.249. The maximum Gasteiger partial charge on any atom is 0.311 e. The SMILES string of the molecule is CCCCOc1ccc(OC(=O)CCCCC(C)C)c(OC(=O)CCCCC(C)C)c1. The normalized spacial score (nSPS) is 11.1. The molecule has 0 aliphatic heterocycles. The van der Waals surface area contributed by atoms with Gasteiger partial charge in [-0.15, -0.1) is 0 Å². The van der Waals surface area contributed by atoms with Gasteiger partial charge in [0.2, 0.25) is 0 Å². The Morgan fingerprint density at radius 3 is 1.84 bits per heavy atom. The third kappa shape index (κ3) is 13.1. The molecule has 1 aromatic rings. The van der Waals surface area contributed by atoms with E-state index in [1.165, 1.54) is 0 Å². The van der Waals surface area contributed by atoms with Crippen molar-refractivity contribution in [3.63, 3.8) is 0 Å². The van der Waals surface area contributed by atoms with Crippen molar-refractivity contribution in [1.29, 1.82) is 0 Å². The van der Waals surface area contributed by atoms with Crippen molar-refractivity contribution in [3.8, 4) is 17.2 Å². The summed E-state index contributed by atoms with van der Waals surface area (Å²) in [5.74, 6) is 1.75. The molecule has 0 saturated heterocycles. The van der Waals surface area contributed by atoms with Gasteiger partial charge in [0.1, 0.15) is 5.75 Å². The summed E-state index contributed by atoms with van der Waals surface area (Å²) in [7, 11) is 0. The molecule has 5 nitrogen and oxygen atoms in total. The van der Waals surface area contributed by atoms with Gasteiger partial charge in [-0.05, 0) is 43.2 Å². The summed E-state index contributed by atoms with van der Waals surface area (Å²) in [6, 6.07) is 5.04. The average molecular weight is 435 g/mol. The minimum Gasteiger partial charge on any atom is -0.493 e. The lowest BCUT2D eigenvalue weighted by Gasteiger charge is -2.13. The number of carbonyl (C=O) groups is 2. The Balaban J connectivity index is 2.71. The molecule has 0 N–H and O–H groups in total. The van der Waals surface area contributed by atoms with Crippen LogP contribution < -0.4 is 14.2 Å². The smallest absolute Gasteiger partial charge is 0.311 e. The highest BCUT2D eigenvalue weighted by atomic mass is 16.6. The third-order valence-corrected chi connectivity index (χ3v) is 4.95. The fourth-order valence-corrected chi connectivity index (χ4v) is 3.07. The summed E-state index contributed by atoms with van der Waals surface area (Å²) in [6.45, 7) is 11.4. The van der Waals surface area contributed by atoms with Crippen molar-refractivity contribution in [3.05, 3.63) is 18.2 Å². The van der Waals surface area contributed by atoms with Crippen LogP contribution in [0.1, 0.15) is 98.8 Å². The molecular weight excluding hydrogens is 392 g/mol. The van der Waals surface area contributed by atoms with Crippen molar-refractivity contribution in [2.45, 2.75) is 98.8 Å². The van der Waals surface area contributed by atoms with Crippen LogP contribution in [0.5, 0.6) is 17.2 Å². The average Bonchev–Trinajstić information content (AvgIpc) is 2.70. The molecule has 0 radical (unpaired) electrons. The first-order chi connectivity index (χ1) is 14.8. The van der Waals surface area contributed by atoms with Gasteiger partial charge in [-0.1, -0.05) is 66.7 Å². The van der Waals surface area contributed by atoms with Gasteiger partial charge in [0.25, 0.3) is 0 Å². The van der Waals surface area contributed by atoms with Crippen molar-refractivity contribution in [2.75, 3.05) is 6.61 Å². The van der Waals surface area contributed by atoms with Crippen LogP contribution >= 0.6 is 0 Å². The van der Waals surface area contributed by atoms with Crippen LogP contribution in [0.4, 0.5) is 0 Å². The van der Waals surface area contributed by atoms with Gasteiger partial charge in [-0.3, -0.25) is 9.59 Å². The van der Waals surface area contributed by atoms with E-state index in [-0.39, 0.29) is 23.4 Å². The minimum atomic E-state index is -0.316. The second-order valence-corrected chi connectivity index (χ2v) is 9.04. The molecule has 176 valence electrons. The van der Waals surface area contributed by atoms with Crippen LogP contribution in [0.25, 0.3) is 0 Å². The Kier molecular flexibility index (Phi) is 13.7. The van der Waals surface area contributed by atoms with Crippen LogP contribution in [0, 0.1) is 11.8 Å². The monoisotopic (exact) mass is 434 g/mol. The standard InChI is InChI=1S/C26H42O5/c1-6-7-18-29-22-16-17-23(30-25(27)14-10-8-12-20(2)3)24(19-22)31-26(28)15-11-9-13-21(4)5/h16-17,19-21H,6-15,18H2,1-5H3. The van der Waals surface area contributed by atoms with Crippen molar-refractivity contribution < 1.29 is 23.8 Å². The van der Waals surface area contributed by atoms with E-state index in [4.69, 9.17) is 14.2 Å². The molecule has 1 aromatic carbocycles. The van der Waals surface area contributed by atoms with E-state index in [0.717, 1.165) is 51.4 Å². The molecule has 0 fully saturated rings. The van der Waals surface area contributed by atoms with Crippen LogP contribution in [0.15, 0.2) is 18.2 Å². The lowest BCUT2D eigenvalue weighted by atomic mass is 10.1. The highest BCUT2D eigenvalue weighted by Crippen LogP contribution is 2.33. The number of rotatable bonds is 16. The van der Waals surface area contributed by atoms with E-state index in [9.17, 15) is 9.59 Å². The third-order valence-electron chi connectivity index (χ3n) is 4.95. The van der Waals surface area contributed by atoms with E-state index in [0.29, 0.717) is 37.0 Å². The number of hydrogen-bond donors (Lipinski definition) is 0. The predicted octanol–water partition coefficient (Wildman–Crippen LogP) is 7.11. The van der Waals surface area contributed by atoms with Crippen LogP contribution in [0.2, 0.25) is 0 Å². The Morgan fingerprint density at radius 1 is 0.774 bits per heavy atom. The first kappa shape index (κ1) is 27.0. The van der Waals surface area contributed by atoms with Crippen molar-refractivity contribution in [1.82, 2.24) is 0 Å². The molecule has 0 aromatic heterocycles. The lowest BCUT2D eigenvalue weighted by Crippen LogP contribution is -2.12. The first-order valence-electron chi connectivity index (χ1n) is 12.0. The number of hydrogen-bond acceptors (Lipinski definition) is 5. The van der Waals surface area contributed by atoms with E-state index in [1.54, 1.807) is 18.2 Å². The van der Waals surface area contributed by atoms with Gasteiger partial charge in [-0.2, -0.15) is 0 Å². The molecule has 5 heteroatoms. The Morgan fingerprint density at radius 2 is 1.32 bits per heavy atom. The summed E-state index contributed by atoms with van der Waals surface area (Å²) >= 11 is 0. The number of carbonyl (C=O) groups excluding carboxylic acids is 2. The zero-order chi connectivity index (χ0) is 23.1. The Bertz CT molecular complexity index is 651. The van der Waals surface area contributed by atoms with Crippen LogP contribution in [-0.2, 0) is 9.59 Å². The summed E-state index contributed by atoms with van der Waals surface area (Å²) in [4.78, 5) is 24.6. The Labute approximate surface area is 188 Å². The van der Waals surface area contributed by atoms with Crippen molar-refractivity contribution >= 4 is 11.9 Å². The molecule has 0 saturated carbocycles. The molecule has 31 heavy (non-hydrogen) atoms. The summed E-state index contributed by atoms with van der Waals surface area (Å²) in [6.07, 6.45) is 8.42. The first-order valence-corrected chi connectivity index (χ1v) is 12.0. The second-order valence-electron chi connectivity index (χ2n) is 9.04. The molecule has 0 unspecified atom stereocenters. The number of benzene rings is 1. The lowest BCUT2D eigenvalue weighted by molar-refractivity contribution is -0.137. The van der Waals surface area contributed by atoms with Crippen LogP contribution in [0.3, 0.4) is 0 Å². The van der Waals surface area contributed by atoms with Gasteiger partial charge >= 0.3 is 11.9 Å². The molecule has 1 rings (SSSR count). The van der Waals surface area contributed by atoms with Gasteiger partial charge in [0.05, 0.1) is 6.61 Å². The van der Waals surface area contributed by atoms with E-state index < -0.39 is 0 Å². The van der Waals surface area contributed by atoms with E-state index in [1.807, 2.05) is 0 Å². The summed E-state index contributed by atoms with van der Waals surface area (Å²) < 4.78 is 16.8. The molecular formula is C26H42O5. The summed E-state index contributed by atoms with van der Waals surface area (Å²) in [5, 5.41) is 0. The van der Waals surface area contributed by atoms with Gasteiger partial charge in [0.15, 0.2) is 11.5 Å². The number of esters is 2. The maximum atomic E-state index is 12.3. The zero-order valence-corrected chi connectivity index (χ0v) is 20.2. The fourth-order valence-electron chi connectivity index (χ4n) is 3.07. The highest BCUT2D eigenvalue weighted by molar-refractivity contribution is 5.76. The quantitative estimate of drug-likeness (QED) is 0.158. The van der Waals surface area contributed by atoms with Crippen molar-refractivity contribution in [2.24, 2.45) is 11.8 Å². The van der Waals surface area contributed by atoms with E-state index in [2.05, 4.69) is 34.6 Å². The maximum absolute atomic E-state index is 12.3. The highest BCUT2D eigenvalue weighted by Gasteiger charge is 2.15. The van der Waals surface area contributed by atoms with E-state index >= 15 is 0 Å². The zero-order valence-electron chi connectivity index (χ0n) is 20.2. The molecule has 0 bridgehead atoms. The Hall–Kier alpha value is -2.04. The predicted molar refractivity (Wildman–Crippen MR) is 125 cm³/mol.